The molecular weight excluding hydrogens is 244 g/mol. The van der Waals surface area contributed by atoms with Crippen LogP contribution in [0.3, 0.4) is 0 Å². The van der Waals surface area contributed by atoms with E-state index in [1.807, 2.05) is 0 Å². The lowest BCUT2D eigenvalue weighted by molar-refractivity contribution is -0.145. The molecule has 5 heteroatoms. The Kier molecular flexibility index (Phi) is 3.48. The smallest absolute Gasteiger partial charge is 0.308 e. The van der Waals surface area contributed by atoms with Crippen LogP contribution in [-0.4, -0.2) is 36.1 Å². The molecule has 1 amide bonds. The molecule has 106 valence electrons. The van der Waals surface area contributed by atoms with Gasteiger partial charge in [0, 0.05) is 12.6 Å². The van der Waals surface area contributed by atoms with E-state index in [9.17, 15) is 14.7 Å². The zero-order valence-corrected chi connectivity index (χ0v) is 11.1. The number of carbonyl (C=O) groups is 2. The minimum atomic E-state index is -0.737. The molecule has 3 rings (SSSR count). The van der Waals surface area contributed by atoms with Crippen molar-refractivity contribution in [1.29, 1.82) is 0 Å². The van der Waals surface area contributed by atoms with Crippen LogP contribution < -0.4 is 10.6 Å². The number of aliphatic carboxylic acids is 1. The number of piperidine rings is 1. The fourth-order valence-corrected chi connectivity index (χ4v) is 4.21. The Labute approximate surface area is 113 Å². The molecule has 0 radical (unpaired) electrons. The van der Waals surface area contributed by atoms with Gasteiger partial charge in [-0.15, -0.1) is 0 Å². The first-order valence-corrected chi connectivity index (χ1v) is 7.40. The summed E-state index contributed by atoms with van der Waals surface area (Å²) in [6, 6.07) is -0.134. The largest absolute Gasteiger partial charge is 0.481 e. The van der Waals surface area contributed by atoms with Gasteiger partial charge in [0.2, 0.25) is 5.91 Å². The highest BCUT2D eigenvalue weighted by Crippen LogP contribution is 2.48. The van der Waals surface area contributed by atoms with E-state index in [1.165, 1.54) is 0 Å². The molecule has 5 unspecified atom stereocenters. The lowest BCUT2D eigenvalue weighted by Gasteiger charge is -2.31. The van der Waals surface area contributed by atoms with Gasteiger partial charge in [0.1, 0.15) is 0 Å². The molecule has 0 aromatic rings. The van der Waals surface area contributed by atoms with Gasteiger partial charge < -0.3 is 15.7 Å². The van der Waals surface area contributed by atoms with Gasteiger partial charge in [0.25, 0.3) is 0 Å². The second-order valence-electron chi connectivity index (χ2n) is 6.27. The number of nitrogens with one attached hydrogen (secondary N) is 2. The van der Waals surface area contributed by atoms with Gasteiger partial charge >= 0.3 is 5.97 Å². The SMILES string of the molecule is O=C(NC1C2CCC(C2)C1C(=O)O)C1CCCNC1. The number of hydrogen-bond acceptors (Lipinski definition) is 3. The molecule has 5 nitrogen and oxygen atoms in total. The van der Waals surface area contributed by atoms with E-state index < -0.39 is 5.97 Å². The fraction of sp³-hybridized carbons (Fsp3) is 0.857. The Morgan fingerprint density at radius 3 is 2.63 bits per heavy atom. The Bertz CT molecular complexity index is 379. The summed E-state index contributed by atoms with van der Waals surface area (Å²) in [7, 11) is 0. The summed E-state index contributed by atoms with van der Waals surface area (Å²) in [6.45, 7) is 1.71. The summed E-state index contributed by atoms with van der Waals surface area (Å²) >= 11 is 0. The van der Waals surface area contributed by atoms with Crippen LogP contribution in [0.1, 0.15) is 32.1 Å². The van der Waals surface area contributed by atoms with Gasteiger partial charge in [-0.25, -0.2) is 0 Å². The number of carboxylic acids is 1. The number of amides is 1. The van der Waals surface area contributed by atoms with Gasteiger partial charge in [0.05, 0.1) is 11.8 Å². The highest BCUT2D eigenvalue weighted by atomic mass is 16.4. The third kappa shape index (κ3) is 2.36. The zero-order valence-electron chi connectivity index (χ0n) is 11.1. The monoisotopic (exact) mass is 266 g/mol. The Balaban J connectivity index is 1.64. The van der Waals surface area contributed by atoms with Gasteiger partial charge in [-0.3, -0.25) is 9.59 Å². The van der Waals surface area contributed by atoms with E-state index in [4.69, 9.17) is 0 Å². The van der Waals surface area contributed by atoms with Gasteiger partial charge in [-0.2, -0.15) is 0 Å². The number of fused-ring (bicyclic) bond motifs is 2. The summed E-state index contributed by atoms with van der Waals surface area (Å²) in [4.78, 5) is 23.7. The summed E-state index contributed by atoms with van der Waals surface area (Å²) < 4.78 is 0. The van der Waals surface area contributed by atoms with E-state index in [-0.39, 0.29) is 29.7 Å². The summed E-state index contributed by atoms with van der Waals surface area (Å²) in [6.07, 6.45) is 5.00. The van der Waals surface area contributed by atoms with Crippen LogP contribution in [0.25, 0.3) is 0 Å². The van der Waals surface area contributed by atoms with Crippen molar-refractivity contribution in [2.45, 2.75) is 38.1 Å². The molecule has 3 N–H and O–H groups in total. The van der Waals surface area contributed by atoms with Crippen LogP contribution in [0.5, 0.6) is 0 Å². The van der Waals surface area contributed by atoms with E-state index in [1.54, 1.807) is 0 Å². The Morgan fingerprint density at radius 1 is 1.16 bits per heavy atom. The molecule has 1 saturated heterocycles. The molecule has 0 spiro atoms. The molecule has 3 aliphatic rings. The lowest BCUT2D eigenvalue weighted by atomic mass is 9.84. The lowest BCUT2D eigenvalue weighted by Crippen LogP contribution is -2.50. The molecule has 0 aromatic carbocycles. The van der Waals surface area contributed by atoms with Crippen molar-refractivity contribution in [3.05, 3.63) is 0 Å². The predicted octanol–water partition coefficient (Wildman–Crippen LogP) is 0.601. The van der Waals surface area contributed by atoms with E-state index in [0.717, 1.165) is 45.2 Å². The summed E-state index contributed by atoms with van der Waals surface area (Å²) in [5.41, 5.74) is 0. The van der Waals surface area contributed by atoms with Crippen LogP contribution >= 0.6 is 0 Å². The first-order valence-electron chi connectivity index (χ1n) is 7.40. The average molecular weight is 266 g/mol. The molecule has 2 bridgehead atoms. The average Bonchev–Trinajstić information content (AvgIpc) is 3.00. The van der Waals surface area contributed by atoms with Crippen LogP contribution in [0.15, 0.2) is 0 Å². The molecule has 0 aromatic heterocycles. The maximum absolute atomic E-state index is 12.3. The highest BCUT2D eigenvalue weighted by Gasteiger charge is 2.51. The fourth-order valence-electron chi connectivity index (χ4n) is 4.21. The molecular formula is C14H22N2O3. The molecule has 5 atom stereocenters. The topological polar surface area (TPSA) is 78.4 Å². The van der Waals surface area contributed by atoms with Crippen molar-refractivity contribution >= 4 is 11.9 Å². The molecule has 2 aliphatic carbocycles. The summed E-state index contributed by atoms with van der Waals surface area (Å²) in [5.74, 6) is -0.374. The highest BCUT2D eigenvalue weighted by molar-refractivity contribution is 5.81. The minimum Gasteiger partial charge on any atom is -0.481 e. The van der Waals surface area contributed by atoms with Gasteiger partial charge in [-0.1, -0.05) is 0 Å². The molecule has 3 fully saturated rings. The number of carbonyl (C=O) groups excluding carboxylic acids is 1. The van der Waals surface area contributed by atoms with Crippen molar-refractivity contribution < 1.29 is 14.7 Å². The van der Waals surface area contributed by atoms with Gasteiger partial charge in [0.15, 0.2) is 0 Å². The van der Waals surface area contributed by atoms with Crippen LogP contribution in [0.2, 0.25) is 0 Å². The van der Waals surface area contributed by atoms with Crippen molar-refractivity contribution in [3.63, 3.8) is 0 Å². The van der Waals surface area contributed by atoms with Crippen LogP contribution in [0.4, 0.5) is 0 Å². The van der Waals surface area contributed by atoms with Crippen LogP contribution in [0, 0.1) is 23.7 Å². The quantitative estimate of drug-likeness (QED) is 0.699. The molecule has 1 aliphatic heterocycles. The van der Waals surface area contributed by atoms with Crippen LogP contribution in [-0.2, 0) is 9.59 Å². The number of rotatable bonds is 3. The molecule has 2 saturated carbocycles. The zero-order chi connectivity index (χ0) is 13.4. The third-order valence-electron chi connectivity index (χ3n) is 5.18. The number of hydrogen-bond donors (Lipinski definition) is 3. The number of carboxylic acid groups (broad SMARTS) is 1. The van der Waals surface area contributed by atoms with Crippen molar-refractivity contribution in [2.75, 3.05) is 13.1 Å². The Morgan fingerprint density at radius 2 is 1.95 bits per heavy atom. The van der Waals surface area contributed by atoms with Crippen molar-refractivity contribution in [3.8, 4) is 0 Å². The summed E-state index contributed by atoms with van der Waals surface area (Å²) in [5, 5.41) is 15.6. The normalized spacial score (nSPS) is 41.2. The maximum atomic E-state index is 12.3. The first-order chi connectivity index (χ1) is 9.16. The third-order valence-corrected chi connectivity index (χ3v) is 5.18. The van der Waals surface area contributed by atoms with Gasteiger partial charge in [-0.05, 0) is 50.5 Å². The van der Waals surface area contributed by atoms with E-state index in [0.29, 0.717) is 5.92 Å². The predicted molar refractivity (Wildman–Crippen MR) is 69.5 cm³/mol. The standard InChI is InChI=1S/C14H22N2O3/c17-13(10-2-1-5-15-7-10)16-12-9-4-3-8(6-9)11(12)14(18)19/h8-12,15H,1-7H2,(H,16,17)(H,18,19). The van der Waals surface area contributed by atoms with E-state index >= 15 is 0 Å². The maximum Gasteiger partial charge on any atom is 0.308 e. The Hall–Kier alpha value is -1.10. The van der Waals surface area contributed by atoms with E-state index in [2.05, 4.69) is 10.6 Å². The molecule has 19 heavy (non-hydrogen) atoms. The van der Waals surface area contributed by atoms with Crippen molar-refractivity contribution in [2.24, 2.45) is 23.7 Å². The van der Waals surface area contributed by atoms with Crippen molar-refractivity contribution in [1.82, 2.24) is 10.6 Å². The minimum absolute atomic E-state index is 0.0160. The second kappa shape index (κ2) is 5.12. The first kappa shape index (κ1) is 12.9. The second-order valence-corrected chi connectivity index (χ2v) is 6.27. The molecule has 1 heterocycles.